The lowest BCUT2D eigenvalue weighted by Gasteiger charge is -1.95. The van der Waals surface area contributed by atoms with E-state index < -0.39 is 0 Å². The molecule has 0 saturated heterocycles. The van der Waals surface area contributed by atoms with Gasteiger partial charge in [-0.15, -0.1) is 11.3 Å². The number of hydrogen-bond donors (Lipinski definition) is 1. The molecule has 31 heavy (non-hydrogen) atoms. The quantitative estimate of drug-likeness (QED) is 0.331. The fourth-order valence-corrected chi connectivity index (χ4v) is 3.58. The molecule has 5 heterocycles. The van der Waals surface area contributed by atoms with E-state index in [1.165, 1.54) is 16.5 Å². The summed E-state index contributed by atoms with van der Waals surface area (Å²) in [7, 11) is 0. The highest BCUT2D eigenvalue weighted by atomic mass is 32.1. The maximum absolute atomic E-state index is 4.28. The summed E-state index contributed by atoms with van der Waals surface area (Å²) in [4.78, 5) is 24.7. The third kappa shape index (κ3) is 5.26. The van der Waals surface area contributed by atoms with E-state index >= 15 is 0 Å². The zero-order valence-electron chi connectivity index (χ0n) is 17.6. The second-order valence-electron chi connectivity index (χ2n) is 7.18. The Morgan fingerprint density at radius 2 is 1.45 bits per heavy atom. The Kier molecular flexibility index (Phi) is 6.24. The van der Waals surface area contributed by atoms with Gasteiger partial charge in [0.25, 0.3) is 0 Å². The number of aromatic nitrogens is 6. The van der Waals surface area contributed by atoms with Gasteiger partial charge in [-0.2, -0.15) is 0 Å². The number of fused-ring (bicyclic) bond motifs is 3. The van der Waals surface area contributed by atoms with Crippen LogP contribution >= 0.6 is 11.3 Å². The number of aryl methyl sites for hydroxylation is 3. The van der Waals surface area contributed by atoms with Crippen LogP contribution in [0.2, 0.25) is 0 Å². The molecule has 0 unspecified atom stereocenters. The van der Waals surface area contributed by atoms with Crippen LogP contribution in [0.3, 0.4) is 0 Å². The van der Waals surface area contributed by atoms with Gasteiger partial charge in [0.2, 0.25) is 0 Å². The number of benzene rings is 1. The van der Waals surface area contributed by atoms with Gasteiger partial charge in [0.05, 0.1) is 22.9 Å². The van der Waals surface area contributed by atoms with Crippen molar-refractivity contribution in [2.45, 2.75) is 20.8 Å². The Hall–Kier alpha value is -3.71. The summed E-state index contributed by atoms with van der Waals surface area (Å²) in [6.07, 6.45) is 7.21. The van der Waals surface area contributed by atoms with Crippen LogP contribution in [0, 0.1) is 20.8 Å². The molecule has 0 radical (unpaired) electrons. The molecule has 0 saturated carbocycles. The normalized spacial score (nSPS) is 10.4. The van der Waals surface area contributed by atoms with Crippen LogP contribution in [-0.2, 0) is 0 Å². The topological polar surface area (TPSA) is 80.2 Å². The molecule has 5 aromatic heterocycles. The van der Waals surface area contributed by atoms with Crippen LogP contribution < -0.4 is 0 Å². The zero-order valence-corrected chi connectivity index (χ0v) is 18.4. The molecule has 154 valence electrons. The van der Waals surface area contributed by atoms with Crippen molar-refractivity contribution in [2.24, 2.45) is 0 Å². The largest absolute Gasteiger partial charge is 0.343 e. The molecule has 6 nitrogen and oxygen atoms in total. The first kappa shape index (κ1) is 20.6. The number of nitrogens with zero attached hydrogens (tertiary/aromatic N) is 5. The minimum atomic E-state index is 0.783. The van der Waals surface area contributed by atoms with Crippen LogP contribution in [0.15, 0.2) is 72.9 Å². The van der Waals surface area contributed by atoms with E-state index in [2.05, 4.69) is 49.0 Å². The second kappa shape index (κ2) is 9.40. The summed E-state index contributed by atoms with van der Waals surface area (Å²) in [5.41, 5.74) is 9.20. The van der Waals surface area contributed by atoms with E-state index in [0.717, 1.165) is 32.6 Å². The van der Waals surface area contributed by atoms with Gasteiger partial charge in [-0.1, -0.05) is 18.2 Å². The second-order valence-corrected chi connectivity index (χ2v) is 8.01. The molecule has 0 atom stereocenters. The van der Waals surface area contributed by atoms with Gasteiger partial charge in [0.1, 0.15) is 10.3 Å². The molecule has 0 aliphatic rings. The number of imidazole rings is 1. The number of thiazole rings is 1. The first-order valence-electron chi connectivity index (χ1n) is 9.81. The van der Waals surface area contributed by atoms with Crippen LogP contribution in [0.4, 0.5) is 0 Å². The van der Waals surface area contributed by atoms with Crippen molar-refractivity contribution in [1.82, 2.24) is 29.9 Å². The van der Waals surface area contributed by atoms with E-state index in [1.807, 2.05) is 68.3 Å². The Balaban J connectivity index is 0.000000112. The van der Waals surface area contributed by atoms with Crippen molar-refractivity contribution in [3.8, 4) is 0 Å². The Bertz CT molecular complexity index is 1360. The van der Waals surface area contributed by atoms with Gasteiger partial charge in [0, 0.05) is 24.0 Å². The van der Waals surface area contributed by atoms with E-state index in [0.29, 0.717) is 0 Å². The molecule has 0 spiro atoms. The van der Waals surface area contributed by atoms with Gasteiger partial charge in [-0.25, -0.2) is 19.9 Å². The van der Waals surface area contributed by atoms with Gasteiger partial charge in [0.15, 0.2) is 5.65 Å². The fraction of sp³-hybridized carbons (Fsp3) is 0.125. The SMILES string of the molecule is Cc1cnc2ccccc2c1.Cc1cnc2nc[nH]c2c1.Cc1cnc2scnc2c1. The van der Waals surface area contributed by atoms with Crippen LogP contribution in [0.25, 0.3) is 32.4 Å². The number of aromatic amines is 1. The number of rotatable bonds is 0. The predicted molar refractivity (Wildman–Crippen MR) is 127 cm³/mol. The van der Waals surface area contributed by atoms with Gasteiger partial charge >= 0.3 is 0 Å². The molecule has 0 bridgehead atoms. The van der Waals surface area contributed by atoms with Gasteiger partial charge in [-0.05, 0) is 61.7 Å². The highest BCUT2D eigenvalue weighted by Crippen LogP contribution is 2.14. The zero-order chi connectivity index (χ0) is 21.6. The van der Waals surface area contributed by atoms with E-state index in [1.54, 1.807) is 17.7 Å². The summed E-state index contributed by atoms with van der Waals surface area (Å²) in [5, 5.41) is 1.22. The van der Waals surface area contributed by atoms with Gasteiger partial charge < -0.3 is 4.98 Å². The van der Waals surface area contributed by atoms with Gasteiger partial charge in [-0.3, -0.25) is 4.98 Å². The molecule has 0 amide bonds. The molecule has 6 rings (SSSR count). The highest BCUT2D eigenvalue weighted by molar-refractivity contribution is 7.16. The van der Waals surface area contributed by atoms with Crippen LogP contribution in [0.5, 0.6) is 0 Å². The average Bonchev–Trinajstić information content (AvgIpc) is 3.43. The van der Waals surface area contributed by atoms with E-state index in [-0.39, 0.29) is 0 Å². The first-order chi connectivity index (χ1) is 15.1. The van der Waals surface area contributed by atoms with Crippen molar-refractivity contribution in [1.29, 1.82) is 0 Å². The van der Waals surface area contributed by atoms with Crippen molar-refractivity contribution >= 4 is 43.8 Å². The standard InChI is InChI=1S/C10H9N.C7H7N3.C7H6N2S/c1-8-6-9-4-2-3-5-10(9)11-7-8;2*1-5-2-6-7(8-3-5)10-4-9-6/h2-7H,1H3;2-4H,1H3,(H,8,9,10);2-4H,1H3. The van der Waals surface area contributed by atoms with E-state index in [4.69, 9.17) is 0 Å². The Morgan fingerprint density at radius 3 is 2.35 bits per heavy atom. The summed E-state index contributed by atoms with van der Waals surface area (Å²) >= 11 is 1.57. The Morgan fingerprint density at radius 1 is 0.710 bits per heavy atom. The van der Waals surface area contributed by atoms with Crippen LogP contribution in [0.1, 0.15) is 16.7 Å². The molecular weight excluding hydrogens is 404 g/mol. The Labute approximate surface area is 184 Å². The summed E-state index contributed by atoms with van der Waals surface area (Å²) in [6.45, 7) is 6.08. The lowest BCUT2D eigenvalue weighted by atomic mass is 10.2. The molecule has 0 aliphatic heterocycles. The average molecular weight is 427 g/mol. The van der Waals surface area contributed by atoms with Crippen LogP contribution in [-0.4, -0.2) is 29.9 Å². The molecule has 1 aromatic carbocycles. The number of pyridine rings is 3. The smallest absolute Gasteiger partial charge is 0.177 e. The molecule has 1 N–H and O–H groups in total. The first-order valence-corrected chi connectivity index (χ1v) is 10.7. The molecular formula is C24H22N6S. The predicted octanol–water partition coefficient (Wildman–Crippen LogP) is 5.81. The summed E-state index contributed by atoms with van der Waals surface area (Å²) < 4.78 is 0. The minimum Gasteiger partial charge on any atom is -0.343 e. The highest BCUT2D eigenvalue weighted by Gasteiger charge is 1.95. The molecule has 0 aliphatic carbocycles. The summed E-state index contributed by atoms with van der Waals surface area (Å²) in [6, 6.07) is 14.3. The van der Waals surface area contributed by atoms with Crippen molar-refractivity contribution in [2.75, 3.05) is 0 Å². The van der Waals surface area contributed by atoms with Crippen molar-refractivity contribution in [3.05, 3.63) is 89.6 Å². The summed E-state index contributed by atoms with van der Waals surface area (Å²) in [5.74, 6) is 0. The maximum atomic E-state index is 4.28. The number of H-pyrrole nitrogens is 1. The van der Waals surface area contributed by atoms with Crippen molar-refractivity contribution < 1.29 is 0 Å². The molecule has 0 fully saturated rings. The molecule has 6 aromatic rings. The fourth-order valence-electron chi connectivity index (χ4n) is 2.97. The lowest BCUT2D eigenvalue weighted by Crippen LogP contribution is -1.78. The minimum absolute atomic E-state index is 0.783. The van der Waals surface area contributed by atoms with E-state index in [9.17, 15) is 0 Å². The van der Waals surface area contributed by atoms with Crippen molar-refractivity contribution in [3.63, 3.8) is 0 Å². The number of nitrogens with one attached hydrogen (secondary N) is 1. The molecule has 7 heteroatoms. The lowest BCUT2D eigenvalue weighted by molar-refractivity contribution is 1.28. The third-order valence-electron chi connectivity index (χ3n) is 4.46. The number of hydrogen-bond acceptors (Lipinski definition) is 6. The number of para-hydroxylation sites is 1. The monoisotopic (exact) mass is 426 g/mol. The third-order valence-corrected chi connectivity index (χ3v) is 5.21. The maximum Gasteiger partial charge on any atom is 0.177 e.